The SMILES string of the molecule is Cc1c(N2C[C@H]([C@@H](N)COc3ccccc3)[C@H](F)C2)ccc2c(=O)n(N)c(=O)n(C3CC3)c12. The lowest BCUT2D eigenvalue weighted by Gasteiger charge is -2.24. The van der Waals surface area contributed by atoms with E-state index in [1.54, 1.807) is 10.6 Å². The molecule has 1 aliphatic carbocycles. The summed E-state index contributed by atoms with van der Waals surface area (Å²) in [6.45, 7) is 2.71. The molecule has 174 valence electrons. The number of ether oxygens (including phenoxy) is 1. The largest absolute Gasteiger partial charge is 0.492 e. The number of nitrogen functional groups attached to an aromatic ring is 1. The Labute approximate surface area is 190 Å². The number of anilines is 1. The molecule has 2 fully saturated rings. The average Bonchev–Trinajstić information content (AvgIpc) is 3.58. The highest BCUT2D eigenvalue weighted by Crippen LogP contribution is 2.38. The van der Waals surface area contributed by atoms with Crippen molar-refractivity contribution < 1.29 is 9.13 Å². The second-order valence-electron chi connectivity index (χ2n) is 9.04. The van der Waals surface area contributed by atoms with Crippen molar-refractivity contribution in [1.29, 1.82) is 0 Å². The van der Waals surface area contributed by atoms with Gasteiger partial charge in [0.25, 0.3) is 5.56 Å². The second kappa shape index (κ2) is 8.22. The van der Waals surface area contributed by atoms with E-state index in [0.29, 0.717) is 27.9 Å². The molecule has 0 bridgehead atoms. The van der Waals surface area contributed by atoms with Gasteiger partial charge in [0.05, 0.1) is 10.9 Å². The van der Waals surface area contributed by atoms with Gasteiger partial charge in [-0.3, -0.25) is 9.36 Å². The second-order valence-corrected chi connectivity index (χ2v) is 9.04. The Balaban J connectivity index is 1.43. The summed E-state index contributed by atoms with van der Waals surface area (Å²) in [5.74, 6) is 6.05. The third-order valence-electron chi connectivity index (χ3n) is 6.78. The first kappa shape index (κ1) is 21.5. The van der Waals surface area contributed by atoms with Crippen LogP contribution in [0, 0.1) is 12.8 Å². The smallest absolute Gasteiger partial charge is 0.350 e. The highest BCUT2D eigenvalue weighted by atomic mass is 19.1. The van der Waals surface area contributed by atoms with Crippen LogP contribution in [0.5, 0.6) is 5.75 Å². The highest BCUT2D eigenvalue weighted by Gasteiger charge is 2.38. The first-order valence-corrected chi connectivity index (χ1v) is 11.2. The maximum atomic E-state index is 15.0. The van der Waals surface area contributed by atoms with Gasteiger partial charge in [-0.25, -0.2) is 9.18 Å². The number of aryl methyl sites for hydroxylation is 1. The normalized spacial score (nSPS) is 21.5. The van der Waals surface area contributed by atoms with E-state index < -0.39 is 29.4 Å². The summed E-state index contributed by atoms with van der Waals surface area (Å²) in [7, 11) is 0. The van der Waals surface area contributed by atoms with E-state index in [2.05, 4.69) is 0 Å². The van der Waals surface area contributed by atoms with Crippen molar-refractivity contribution in [2.24, 2.45) is 11.7 Å². The van der Waals surface area contributed by atoms with E-state index >= 15 is 4.39 Å². The van der Waals surface area contributed by atoms with Crippen molar-refractivity contribution in [3.63, 3.8) is 0 Å². The summed E-state index contributed by atoms with van der Waals surface area (Å²) in [6, 6.07) is 12.4. The number of para-hydroxylation sites is 1. The van der Waals surface area contributed by atoms with E-state index in [4.69, 9.17) is 16.3 Å². The number of nitrogens with two attached hydrogens (primary N) is 2. The number of rotatable bonds is 6. The average molecular weight is 454 g/mol. The monoisotopic (exact) mass is 453 g/mol. The fourth-order valence-electron chi connectivity index (χ4n) is 4.84. The van der Waals surface area contributed by atoms with Crippen LogP contribution < -0.4 is 32.5 Å². The van der Waals surface area contributed by atoms with Gasteiger partial charge in [-0.05, 0) is 49.6 Å². The minimum atomic E-state index is -1.11. The predicted molar refractivity (Wildman–Crippen MR) is 126 cm³/mol. The molecule has 2 heterocycles. The molecule has 0 amide bonds. The molecule has 3 atom stereocenters. The quantitative estimate of drug-likeness (QED) is 0.550. The van der Waals surface area contributed by atoms with Crippen LogP contribution in [0.15, 0.2) is 52.1 Å². The van der Waals surface area contributed by atoms with Gasteiger partial charge >= 0.3 is 5.69 Å². The van der Waals surface area contributed by atoms with Crippen molar-refractivity contribution >= 4 is 16.6 Å². The Bertz CT molecular complexity index is 1300. The Morgan fingerprint density at radius 2 is 1.85 bits per heavy atom. The number of hydrogen-bond acceptors (Lipinski definition) is 6. The van der Waals surface area contributed by atoms with Gasteiger partial charge in [0.1, 0.15) is 18.5 Å². The van der Waals surface area contributed by atoms with Crippen LogP contribution in [-0.2, 0) is 0 Å². The van der Waals surface area contributed by atoms with E-state index in [0.717, 1.165) is 24.1 Å². The van der Waals surface area contributed by atoms with Crippen LogP contribution in [-0.4, -0.2) is 41.2 Å². The lowest BCUT2D eigenvalue weighted by Crippen LogP contribution is -2.44. The fraction of sp³-hybridized carbons (Fsp3) is 0.417. The van der Waals surface area contributed by atoms with Crippen molar-refractivity contribution in [3.05, 3.63) is 68.9 Å². The zero-order valence-corrected chi connectivity index (χ0v) is 18.5. The van der Waals surface area contributed by atoms with Gasteiger partial charge in [0.2, 0.25) is 0 Å². The molecule has 9 heteroatoms. The third kappa shape index (κ3) is 3.76. The van der Waals surface area contributed by atoms with Gasteiger partial charge in [-0.1, -0.05) is 18.2 Å². The molecular weight excluding hydrogens is 425 g/mol. The minimum absolute atomic E-state index is 0.0353. The predicted octanol–water partition coefficient (Wildman–Crippen LogP) is 1.70. The fourth-order valence-corrected chi connectivity index (χ4v) is 4.84. The Hall–Kier alpha value is -3.33. The molecule has 3 aromatic rings. The molecule has 33 heavy (non-hydrogen) atoms. The van der Waals surface area contributed by atoms with Gasteiger partial charge in [0, 0.05) is 36.8 Å². The lowest BCUT2D eigenvalue weighted by atomic mass is 9.99. The Morgan fingerprint density at radius 3 is 2.55 bits per heavy atom. The van der Waals surface area contributed by atoms with Crippen molar-refractivity contribution in [3.8, 4) is 5.75 Å². The molecule has 0 unspecified atom stereocenters. The molecule has 4 N–H and O–H groups in total. The van der Waals surface area contributed by atoms with Crippen LogP contribution >= 0.6 is 0 Å². The summed E-state index contributed by atoms with van der Waals surface area (Å²) in [5.41, 5.74) is 7.44. The topological polar surface area (TPSA) is 109 Å². The Kier molecular flexibility index (Phi) is 5.36. The minimum Gasteiger partial charge on any atom is -0.492 e. The molecule has 1 saturated heterocycles. The van der Waals surface area contributed by atoms with Gasteiger partial charge in [-0.15, -0.1) is 0 Å². The molecule has 8 nitrogen and oxygen atoms in total. The van der Waals surface area contributed by atoms with Gasteiger partial charge in [-0.2, -0.15) is 4.68 Å². The number of nitrogens with zero attached hydrogens (tertiary/aromatic N) is 3. The number of alkyl halides is 1. The van der Waals surface area contributed by atoms with Gasteiger partial charge in [0.15, 0.2) is 0 Å². The van der Waals surface area contributed by atoms with E-state index in [1.165, 1.54) is 0 Å². The van der Waals surface area contributed by atoms with Crippen LogP contribution in [0.4, 0.5) is 10.1 Å². The first-order chi connectivity index (χ1) is 15.9. The third-order valence-corrected chi connectivity index (χ3v) is 6.78. The standard InChI is InChI=1S/C24H28FN5O3/c1-14-21(10-9-17-22(14)29(15-7-8-15)24(32)30(27)23(17)31)28-11-18(19(25)12-28)20(26)13-33-16-5-3-2-4-6-16/h2-6,9-10,15,18-20H,7-8,11-13,26-27H2,1H3/t18-,19+,20-/m0/s1. The van der Waals surface area contributed by atoms with Crippen LogP contribution in [0.2, 0.25) is 0 Å². The zero-order valence-electron chi connectivity index (χ0n) is 18.5. The zero-order chi connectivity index (χ0) is 23.3. The van der Waals surface area contributed by atoms with Crippen molar-refractivity contribution in [2.75, 3.05) is 30.4 Å². The number of fused-ring (bicyclic) bond motifs is 1. The summed E-state index contributed by atoms with van der Waals surface area (Å²) in [5, 5.41) is 0.394. The van der Waals surface area contributed by atoms with E-state index in [1.807, 2.05) is 48.2 Å². The van der Waals surface area contributed by atoms with Crippen LogP contribution in [0.3, 0.4) is 0 Å². The van der Waals surface area contributed by atoms with Crippen molar-refractivity contribution in [2.45, 2.75) is 38.0 Å². The highest BCUT2D eigenvalue weighted by molar-refractivity contribution is 5.87. The Morgan fingerprint density at radius 1 is 1.12 bits per heavy atom. The van der Waals surface area contributed by atoms with Crippen LogP contribution in [0.1, 0.15) is 24.4 Å². The molecule has 1 saturated carbocycles. The van der Waals surface area contributed by atoms with Crippen LogP contribution in [0.25, 0.3) is 10.9 Å². The molecule has 1 aliphatic heterocycles. The summed E-state index contributed by atoms with van der Waals surface area (Å²) in [4.78, 5) is 27.3. The maximum Gasteiger partial charge on any atom is 0.350 e. The number of aromatic nitrogens is 2. The number of halogens is 1. The molecule has 2 aliphatic rings. The molecule has 0 spiro atoms. The van der Waals surface area contributed by atoms with Gasteiger partial charge < -0.3 is 21.2 Å². The molecular formula is C24H28FN5O3. The number of benzene rings is 2. The lowest BCUT2D eigenvalue weighted by molar-refractivity contribution is 0.196. The molecule has 2 aromatic carbocycles. The summed E-state index contributed by atoms with van der Waals surface area (Å²) < 4.78 is 23.1. The van der Waals surface area contributed by atoms with E-state index in [-0.39, 0.29) is 19.2 Å². The van der Waals surface area contributed by atoms with E-state index in [9.17, 15) is 9.59 Å². The molecule has 5 rings (SSSR count). The van der Waals surface area contributed by atoms with Crippen molar-refractivity contribution in [1.82, 2.24) is 9.24 Å². The maximum absolute atomic E-state index is 15.0. The molecule has 0 radical (unpaired) electrons. The summed E-state index contributed by atoms with van der Waals surface area (Å²) in [6.07, 6.45) is 0.619. The number of hydrogen-bond donors (Lipinski definition) is 2. The first-order valence-electron chi connectivity index (χ1n) is 11.2. The molecule has 1 aromatic heterocycles. The summed E-state index contributed by atoms with van der Waals surface area (Å²) >= 11 is 0.